The normalized spacial score (nSPS) is 10.0. The van der Waals surface area contributed by atoms with Crippen LogP contribution in [0.3, 0.4) is 0 Å². The Morgan fingerprint density at radius 3 is 2.52 bits per heavy atom. The maximum atomic E-state index is 11.2. The van der Waals surface area contributed by atoms with E-state index in [1.165, 1.54) is 0 Å². The van der Waals surface area contributed by atoms with Crippen LogP contribution in [0.25, 0.3) is 22.5 Å². The first-order chi connectivity index (χ1) is 10.2. The van der Waals surface area contributed by atoms with Crippen LogP contribution in [0.4, 0.5) is 0 Å². The summed E-state index contributed by atoms with van der Waals surface area (Å²) in [6, 6.07) is 10.1. The van der Waals surface area contributed by atoms with Gasteiger partial charge in [-0.05, 0) is 21.3 Å². The predicted molar refractivity (Wildman–Crippen MR) is 63.6 cm³/mol. The zero-order chi connectivity index (χ0) is 14.8. The Morgan fingerprint density at radius 1 is 1.05 bits per heavy atom. The molecule has 100 valence electrons. The highest BCUT2D eigenvalue weighted by molar-refractivity contribution is 5.72. The third-order valence-electron chi connectivity index (χ3n) is 2.72. The fourth-order valence-corrected chi connectivity index (χ4v) is 1.80. The highest BCUT2D eigenvalue weighted by Crippen LogP contribution is 2.26. The predicted octanol–water partition coefficient (Wildman–Crippen LogP) is 0.768. The van der Waals surface area contributed by atoms with Gasteiger partial charge >= 0.3 is 5.69 Å². The maximum Gasteiger partial charge on any atom is 0.302 e. The summed E-state index contributed by atoms with van der Waals surface area (Å²) in [5.41, 5.74) is 1.14. The van der Waals surface area contributed by atoms with Crippen molar-refractivity contribution in [2.24, 2.45) is 0 Å². The lowest BCUT2D eigenvalue weighted by Crippen LogP contribution is -2.26. The highest BCUT2D eigenvalue weighted by atomic mass is 16.8. The van der Waals surface area contributed by atoms with Gasteiger partial charge in [-0.15, -0.1) is 0 Å². The first kappa shape index (κ1) is 12.3. The summed E-state index contributed by atoms with van der Waals surface area (Å²) in [6.07, 6.45) is 0. The number of aromatic nitrogens is 4. The van der Waals surface area contributed by atoms with E-state index in [-0.39, 0.29) is 27.7 Å². The molecule has 0 N–H and O–H groups in total. The van der Waals surface area contributed by atoms with E-state index in [2.05, 4.69) is 24.7 Å². The molecule has 0 spiro atoms. The molecule has 21 heavy (non-hydrogen) atoms. The first-order valence-electron chi connectivity index (χ1n) is 5.58. The fraction of sp³-hybridized carbons (Fsp3) is 0. The van der Waals surface area contributed by atoms with E-state index in [0.717, 1.165) is 0 Å². The zero-order valence-electron chi connectivity index (χ0n) is 10.2. The van der Waals surface area contributed by atoms with Gasteiger partial charge in [-0.25, -0.2) is 4.63 Å². The van der Waals surface area contributed by atoms with Crippen molar-refractivity contribution in [2.75, 3.05) is 0 Å². The van der Waals surface area contributed by atoms with Gasteiger partial charge in [0, 0.05) is 16.3 Å². The van der Waals surface area contributed by atoms with Crippen LogP contribution in [0, 0.1) is 27.9 Å². The molecule has 0 fully saturated rings. The number of benzene rings is 1. The van der Waals surface area contributed by atoms with E-state index in [1.54, 1.807) is 30.3 Å². The monoisotopic (exact) mass is 280 g/mol. The second-order valence-electron chi connectivity index (χ2n) is 3.89. The Hall–Kier alpha value is -3.72. The summed E-state index contributed by atoms with van der Waals surface area (Å²) in [4.78, 5) is 0.0281. The van der Waals surface area contributed by atoms with E-state index >= 15 is 0 Å². The molecule has 0 radical (unpaired) electrons. The van der Waals surface area contributed by atoms with Crippen molar-refractivity contribution in [3.63, 3.8) is 0 Å². The largest absolute Gasteiger partial charge is 0.358 e. The molecule has 0 aliphatic rings. The summed E-state index contributed by atoms with van der Waals surface area (Å²) in [5, 5.41) is 39.8. The maximum absolute atomic E-state index is 11.2. The van der Waals surface area contributed by atoms with E-state index < -0.39 is 0 Å². The Balaban J connectivity index is 2.14. The number of rotatable bonds is 2. The topological polar surface area (TPSA) is 139 Å². The second kappa shape index (κ2) is 4.75. The summed E-state index contributed by atoms with van der Waals surface area (Å²) < 4.78 is 8.93. The van der Waals surface area contributed by atoms with E-state index in [0.29, 0.717) is 11.1 Å². The van der Waals surface area contributed by atoms with Crippen LogP contribution in [0.15, 0.2) is 33.5 Å². The van der Waals surface area contributed by atoms with Gasteiger partial charge in [-0.1, -0.05) is 18.2 Å². The quantitative estimate of drug-likeness (QED) is 0.627. The van der Waals surface area contributed by atoms with E-state index in [4.69, 9.17) is 10.5 Å². The lowest BCUT2D eigenvalue weighted by Gasteiger charge is -1.97. The standard InChI is InChI=1S/C12H4N6O3/c13-5-9-11(16-20-15-9)7-2-1-3-8(4-7)12-10(6-14)18(19)21-17-12/h1-4H. The van der Waals surface area contributed by atoms with Crippen LogP contribution < -0.4 is 4.90 Å². The van der Waals surface area contributed by atoms with Gasteiger partial charge in [-0.3, -0.25) is 4.63 Å². The first-order valence-corrected chi connectivity index (χ1v) is 5.58. The number of hydrogen-bond acceptors (Lipinski definition) is 8. The number of hydrogen-bond donors (Lipinski definition) is 0. The molecule has 9 heteroatoms. The molecule has 0 amide bonds. The molecule has 0 atom stereocenters. The molecule has 0 unspecified atom stereocenters. The van der Waals surface area contributed by atoms with Crippen molar-refractivity contribution < 1.29 is 14.2 Å². The minimum absolute atomic E-state index is 0.0281. The molecule has 2 aromatic heterocycles. The van der Waals surface area contributed by atoms with Crippen LogP contribution in [0.1, 0.15) is 11.4 Å². The lowest BCUT2D eigenvalue weighted by molar-refractivity contribution is -0.804. The molecule has 3 aromatic rings. The molecule has 0 saturated heterocycles. The van der Waals surface area contributed by atoms with Crippen molar-refractivity contribution >= 4 is 0 Å². The third-order valence-corrected chi connectivity index (χ3v) is 2.72. The summed E-state index contributed by atoms with van der Waals surface area (Å²) in [7, 11) is 0. The minimum Gasteiger partial charge on any atom is -0.358 e. The number of nitriles is 2. The zero-order valence-corrected chi connectivity index (χ0v) is 10.2. The Bertz CT molecular complexity index is 898. The SMILES string of the molecule is N#Cc1nonc1-c1cccc(-c2no[n+]([O-])c2C#N)c1. The summed E-state index contributed by atoms with van der Waals surface area (Å²) >= 11 is 0. The molecular weight excluding hydrogens is 276 g/mol. The van der Waals surface area contributed by atoms with Crippen LogP contribution in [-0.2, 0) is 0 Å². The fourth-order valence-electron chi connectivity index (χ4n) is 1.80. The average molecular weight is 280 g/mol. The molecule has 2 heterocycles. The summed E-state index contributed by atoms with van der Waals surface area (Å²) in [6.45, 7) is 0. The molecule has 9 nitrogen and oxygen atoms in total. The van der Waals surface area contributed by atoms with Crippen molar-refractivity contribution in [3.05, 3.63) is 40.9 Å². The molecule has 1 aromatic carbocycles. The minimum atomic E-state index is -0.258. The van der Waals surface area contributed by atoms with Gasteiger partial charge in [0.25, 0.3) is 5.69 Å². The molecular formula is C12H4N6O3. The molecule has 3 rings (SSSR count). The van der Waals surface area contributed by atoms with Crippen LogP contribution in [-0.4, -0.2) is 15.5 Å². The average Bonchev–Trinajstić information content (AvgIpc) is 3.13. The lowest BCUT2D eigenvalue weighted by atomic mass is 10.0. The number of nitrogens with zero attached hydrogens (tertiary/aromatic N) is 6. The van der Waals surface area contributed by atoms with Crippen molar-refractivity contribution in [3.8, 4) is 34.7 Å². The third kappa shape index (κ3) is 1.95. The van der Waals surface area contributed by atoms with E-state index in [1.807, 2.05) is 6.07 Å². The second-order valence-corrected chi connectivity index (χ2v) is 3.89. The molecule has 0 aliphatic carbocycles. The molecule has 0 aliphatic heterocycles. The van der Waals surface area contributed by atoms with E-state index in [9.17, 15) is 5.21 Å². The van der Waals surface area contributed by atoms with Crippen LogP contribution in [0.5, 0.6) is 0 Å². The van der Waals surface area contributed by atoms with Gasteiger partial charge < -0.3 is 5.21 Å². The van der Waals surface area contributed by atoms with Crippen LogP contribution in [0.2, 0.25) is 0 Å². The smallest absolute Gasteiger partial charge is 0.302 e. The molecule has 0 saturated carbocycles. The van der Waals surface area contributed by atoms with Gasteiger partial charge in [-0.2, -0.15) is 10.5 Å². The van der Waals surface area contributed by atoms with Crippen molar-refractivity contribution in [2.45, 2.75) is 0 Å². The Kier molecular flexibility index (Phi) is 2.79. The highest BCUT2D eigenvalue weighted by Gasteiger charge is 2.22. The molecule has 0 bridgehead atoms. The Labute approximate surface area is 116 Å². The van der Waals surface area contributed by atoms with Gasteiger partial charge in [0.1, 0.15) is 6.07 Å². The van der Waals surface area contributed by atoms with Crippen molar-refractivity contribution in [1.82, 2.24) is 15.5 Å². The van der Waals surface area contributed by atoms with Crippen molar-refractivity contribution in [1.29, 1.82) is 10.5 Å². The Morgan fingerprint density at radius 2 is 1.81 bits per heavy atom. The van der Waals surface area contributed by atoms with Gasteiger partial charge in [0.2, 0.25) is 5.69 Å². The van der Waals surface area contributed by atoms with Gasteiger partial charge in [0.05, 0.1) is 0 Å². The van der Waals surface area contributed by atoms with Crippen LogP contribution >= 0.6 is 0 Å². The summed E-state index contributed by atoms with van der Waals surface area (Å²) in [5.74, 6) is 0. The van der Waals surface area contributed by atoms with Gasteiger partial charge in [0.15, 0.2) is 11.8 Å².